The molecular formula is C14H19NO3. The molecule has 0 amide bonds. The molecular weight excluding hydrogens is 230 g/mol. The van der Waals surface area contributed by atoms with E-state index in [4.69, 9.17) is 4.74 Å². The van der Waals surface area contributed by atoms with Gasteiger partial charge in [0.1, 0.15) is 12.7 Å². The van der Waals surface area contributed by atoms with Gasteiger partial charge in [-0.25, -0.2) is 4.79 Å². The summed E-state index contributed by atoms with van der Waals surface area (Å²) in [7, 11) is 1.48. The summed E-state index contributed by atoms with van der Waals surface area (Å²) in [6.45, 7) is 7.41. The highest BCUT2D eigenvalue weighted by molar-refractivity contribution is 5.92. The summed E-state index contributed by atoms with van der Waals surface area (Å²) in [4.78, 5) is 16.5. The van der Waals surface area contributed by atoms with Crippen molar-refractivity contribution in [3.8, 4) is 0 Å². The molecule has 0 aliphatic carbocycles. The van der Waals surface area contributed by atoms with Crippen molar-refractivity contribution in [2.75, 3.05) is 7.11 Å². The van der Waals surface area contributed by atoms with E-state index in [0.29, 0.717) is 5.56 Å². The quantitative estimate of drug-likeness (QED) is 0.470. The summed E-state index contributed by atoms with van der Waals surface area (Å²) in [6.07, 6.45) is 1.59. The molecule has 0 fully saturated rings. The fourth-order valence-corrected chi connectivity index (χ4v) is 1.44. The topological polar surface area (TPSA) is 47.9 Å². The van der Waals surface area contributed by atoms with Crippen molar-refractivity contribution in [3.05, 3.63) is 34.9 Å². The first kappa shape index (κ1) is 14.2. The minimum Gasteiger partial charge on any atom is -0.456 e. The Hall–Kier alpha value is -1.84. The van der Waals surface area contributed by atoms with E-state index >= 15 is 0 Å². The predicted molar refractivity (Wildman–Crippen MR) is 71.0 cm³/mol. The van der Waals surface area contributed by atoms with Gasteiger partial charge in [0.15, 0.2) is 0 Å². The molecule has 98 valence electrons. The highest BCUT2D eigenvalue weighted by Crippen LogP contribution is 2.16. The molecule has 0 saturated heterocycles. The number of nitrogens with zero attached hydrogens (tertiary/aromatic N) is 1. The van der Waals surface area contributed by atoms with Crippen molar-refractivity contribution in [3.63, 3.8) is 0 Å². The lowest BCUT2D eigenvalue weighted by atomic mass is 10.1. The number of carbonyl (C=O) groups is 1. The van der Waals surface area contributed by atoms with E-state index in [-0.39, 0.29) is 5.97 Å². The Morgan fingerprint density at radius 3 is 2.50 bits per heavy atom. The third kappa shape index (κ3) is 4.20. The summed E-state index contributed by atoms with van der Waals surface area (Å²) in [6, 6.07) is 5.40. The molecule has 0 aromatic heterocycles. The van der Waals surface area contributed by atoms with Crippen molar-refractivity contribution in [2.24, 2.45) is 5.16 Å². The summed E-state index contributed by atoms with van der Waals surface area (Å²) in [5.41, 5.74) is 1.81. The summed E-state index contributed by atoms with van der Waals surface area (Å²) in [5, 5.41) is 3.68. The molecule has 1 aromatic rings. The van der Waals surface area contributed by atoms with E-state index in [1.54, 1.807) is 18.3 Å². The molecule has 0 heterocycles. The molecule has 0 aliphatic heterocycles. The van der Waals surface area contributed by atoms with E-state index < -0.39 is 5.60 Å². The van der Waals surface area contributed by atoms with Crippen molar-refractivity contribution in [1.82, 2.24) is 0 Å². The van der Waals surface area contributed by atoms with Crippen LogP contribution in [-0.4, -0.2) is 24.9 Å². The van der Waals surface area contributed by atoms with Gasteiger partial charge in [-0.1, -0.05) is 11.2 Å². The Morgan fingerprint density at radius 1 is 1.33 bits per heavy atom. The Bertz CT molecular complexity index is 459. The van der Waals surface area contributed by atoms with E-state index in [1.165, 1.54) is 7.11 Å². The fourth-order valence-electron chi connectivity index (χ4n) is 1.44. The van der Waals surface area contributed by atoms with Gasteiger partial charge >= 0.3 is 5.97 Å². The second kappa shape index (κ2) is 5.67. The van der Waals surface area contributed by atoms with Crippen molar-refractivity contribution in [1.29, 1.82) is 0 Å². The van der Waals surface area contributed by atoms with Crippen LogP contribution in [0.3, 0.4) is 0 Å². The summed E-state index contributed by atoms with van der Waals surface area (Å²) < 4.78 is 5.33. The highest BCUT2D eigenvalue weighted by atomic mass is 16.6. The first-order chi connectivity index (χ1) is 8.33. The van der Waals surface area contributed by atoms with E-state index in [0.717, 1.165) is 11.1 Å². The van der Waals surface area contributed by atoms with Crippen LogP contribution in [0.25, 0.3) is 0 Å². The molecule has 0 saturated carbocycles. The molecule has 0 bridgehead atoms. The number of carbonyl (C=O) groups excluding carboxylic acids is 1. The van der Waals surface area contributed by atoms with E-state index in [9.17, 15) is 4.79 Å². The summed E-state index contributed by atoms with van der Waals surface area (Å²) >= 11 is 0. The monoisotopic (exact) mass is 249 g/mol. The lowest BCUT2D eigenvalue weighted by Gasteiger charge is -2.20. The number of hydrogen-bond acceptors (Lipinski definition) is 4. The number of rotatable bonds is 3. The molecule has 0 spiro atoms. The third-order valence-electron chi connectivity index (χ3n) is 2.18. The Kier molecular flexibility index (Phi) is 4.48. The third-order valence-corrected chi connectivity index (χ3v) is 2.18. The zero-order chi connectivity index (χ0) is 13.8. The largest absolute Gasteiger partial charge is 0.456 e. The normalized spacial score (nSPS) is 11.6. The van der Waals surface area contributed by atoms with Crippen molar-refractivity contribution < 1.29 is 14.4 Å². The smallest absolute Gasteiger partial charge is 0.338 e. The Morgan fingerprint density at radius 2 is 2.00 bits per heavy atom. The molecule has 0 atom stereocenters. The average Bonchev–Trinajstić information content (AvgIpc) is 2.23. The molecule has 0 unspecified atom stereocenters. The fraction of sp³-hybridized carbons (Fsp3) is 0.429. The van der Waals surface area contributed by atoms with Gasteiger partial charge < -0.3 is 9.57 Å². The average molecular weight is 249 g/mol. The van der Waals surface area contributed by atoms with Gasteiger partial charge in [-0.2, -0.15) is 0 Å². The van der Waals surface area contributed by atoms with Gasteiger partial charge in [-0.15, -0.1) is 0 Å². The number of oxime groups is 1. The molecule has 0 radical (unpaired) electrons. The molecule has 4 nitrogen and oxygen atoms in total. The standard InChI is InChI=1S/C14H19NO3/c1-10-8-11(9-15-17-5)6-7-12(10)13(16)18-14(2,3)4/h6-9H,1-5H3/b15-9+. The maximum Gasteiger partial charge on any atom is 0.338 e. The number of esters is 1. The lowest BCUT2D eigenvalue weighted by Crippen LogP contribution is -2.24. The van der Waals surface area contributed by atoms with Gasteiger partial charge in [-0.05, 0) is 51.0 Å². The van der Waals surface area contributed by atoms with Gasteiger partial charge in [-0.3, -0.25) is 0 Å². The molecule has 18 heavy (non-hydrogen) atoms. The van der Waals surface area contributed by atoms with Crippen LogP contribution >= 0.6 is 0 Å². The van der Waals surface area contributed by atoms with Gasteiger partial charge in [0.25, 0.3) is 0 Å². The minimum absolute atomic E-state index is 0.310. The minimum atomic E-state index is -0.486. The van der Waals surface area contributed by atoms with Crippen LogP contribution in [-0.2, 0) is 9.57 Å². The Labute approximate surface area is 108 Å². The van der Waals surface area contributed by atoms with Crippen molar-refractivity contribution >= 4 is 12.2 Å². The van der Waals surface area contributed by atoms with Crippen LogP contribution in [0, 0.1) is 6.92 Å². The number of hydrogen-bond donors (Lipinski definition) is 0. The molecule has 0 aliphatic rings. The molecule has 1 rings (SSSR count). The van der Waals surface area contributed by atoms with E-state index in [2.05, 4.69) is 9.99 Å². The molecule has 1 aromatic carbocycles. The van der Waals surface area contributed by atoms with Crippen molar-refractivity contribution in [2.45, 2.75) is 33.3 Å². The maximum absolute atomic E-state index is 11.9. The first-order valence-corrected chi connectivity index (χ1v) is 5.74. The van der Waals surface area contributed by atoms with Gasteiger partial charge in [0, 0.05) is 0 Å². The maximum atomic E-state index is 11.9. The molecule has 0 N–H and O–H groups in total. The van der Waals surface area contributed by atoms with Gasteiger partial charge in [0.2, 0.25) is 0 Å². The first-order valence-electron chi connectivity index (χ1n) is 5.74. The van der Waals surface area contributed by atoms with Crippen LogP contribution in [0.2, 0.25) is 0 Å². The SMILES string of the molecule is CO/N=C/c1ccc(C(=O)OC(C)(C)C)c(C)c1. The van der Waals surface area contributed by atoms with Gasteiger partial charge in [0.05, 0.1) is 11.8 Å². The van der Waals surface area contributed by atoms with Crippen LogP contribution in [0.4, 0.5) is 0 Å². The number of aryl methyl sites for hydroxylation is 1. The Balaban J connectivity index is 2.92. The van der Waals surface area contributed by atoms with Crippen LogP contribution in [0.1, 0.15) is 42.3 Å². The second-order valence-electron chi connectivity index (χ2n) is 4.99. The van der Waals surface area contributed by atoms with Crippen LogP contribution in [0.15, 0.2) is 23.4 Å². The molecule has 4 heteroatoms. The zero-order valence-electron chi connectivity index (χ0n) is 11.5. The zero-order valence-corrected chi connectivity index (χ0v) is 11.5. The highest BCUT2D eigenvalue weighted by Gasteiger charge is 2.19. The van der Waals surface area contributed by atoms with Crippen LogP contribution in [0.5, 0.6) is 0 Å². The summed E-state index contributed by atoms with van der Waals surface area (Å²) in [5.74, 6) is -0.310. The second-order valence-corrected chi connectivity index (χ2v) is 4.99. The lowest BCUT2D eigenvalue weighted by molar-refractivity contribution is 0.00688. The van der Waals surface area contributed by atoms with Crippen LogP contribution < -0.4 is 0 Å². The number of ether oxygens (including phenoxy) is 1. The van der Waals surface area contributed by atoms with E-state index in [1.807, 2.05) is 33.8 Å². The predicted octanol–water partition coefficient (Wildman–Crippen LogP) is 2.93. The number of benzene rings is 1.